The van der Waals surface area contributed by atoms with Crippen LogP contribution < -0.4 is 0 Å². The summed E-state index contributed by atoms with van der Waals surface area (Å²) in [4.78, 5) is 11.2. The van der Waals surface area contributed by atoms with Gasteiger partial charge in [0.2, 0.25) is 0 Å². The Hall–Kier alpha value is -0.830. The normalized spacial score (nSPS) is 27.2. The van der Waals surface area contributed by atoms with E-state index in [1.807, 2.05) is 20.8 Å². The fraction of sp³-hybridized carbons (Fsp3) is 0.727. The molecule has 0 spiro atoms. The van der Waals surface area contributed by atoms with Gasteiger partial charge in [0.15, 0.2) is 0 Å². The molecule has 0 saturated carbocycles. The van der Waals surface area contributed by atoms with Crippen molar-refractivity contribution in [3.63, 3.8) is 0 Å². The van der Waals surface area contributed by atoms with Crippen LogP contribution in [0.25, 0.3) is 0 Å². The summed E-state index contributed by atoms with van der Waals surface area (Å²) >= 11 is 0. The molecule has 1 rings (SSSR count). The van der Waals surface area contributed by atoms with Crippen LogP contribution in [0, 0.1) is 0 Å². The number of hydrogen-bond acceptors (Lipinski definition) is 3. The molecule has 0 unspecified atom stereocenters. The van der Waals surface area contributed by atoms with Gasteiger partial charge in [0.25, 0.3) is 0 Å². The summed E-state index contributed by atoms with van der Waals surface area (Å²) in [6.07, 6.45) is 3.70. The van der Waals surface area contributed by atoms with E-state index >= 15 is 0 Å². The quantitative estimate of drug-likeness (QED) is 0.503. The van der Waals surface area contributed by atoms with Crippen LogP contribution in [-0.2, 0) is 14.3 Å². The summed E-state index contributed by atoms with van der Waals surface area (Å²) in [6.45, 7) is 6.29. The monoisotopic (exact) mass is 198 g/mol. The molecule has 0 amide bonds. The van der Waals surface area contributed by atoms with Gasteiger partial charge in [0, 0.05) is 6.08 Å². The van der Waals surface area contributed by atoms with Crippen molar-refractivity contribution >= 4 is 5.97 Å². The van der Waals surface area contributed by atoms with Gasteiger partial charge in [0.1, 0.15) is 0 Å². The van der Waals surface area contributed by atoms with Crippen molar-refractivity contribution in [3.8, 4) is 0 Å². The Kier molecular flexibility index (Phi) is 4.14. The highest BCUT2D eigenvalue weighted by atomic mass is 16.5. The molecule has 1 saturated heterocycles. The first-order valence-electron chi connectivity index (χ1n) is 5.13. The van der Waals surface area contributed by atoms with Crippen LogP contribution in [0.3, 0.4) is 0 Å². The summed E-state index contributed by atoms with van der Waals surface area (Å²) in [5, 5.41) is 0. The molecular formula is C11H18O3. The zero-order valence-electron chi connectivity index (χ0n) is 9.08. The summed E-state index contributed by atoms with van der Waals surface area (Å²) in [5.41, 5.74) is 1.13. The van der Waals surface area contributed by atoms with Gasteiger partial charge in [0.05, 0.1) is 18.8 Å². The molecule has 0 aromatic carbocycles. The van der Waals surface area contributed by atoms with Crippen molar-refractivity contribution in [1.29, 1.82) is 0 Å². The van der Waals surface area contributed by atoms with Gasteiger partial charge in [-0.1, -0.05) is 5.57 Å². The Morgan fingerprint density at radius 3 is 2.57 bits per heavy atom. The van der Waals surface area contributed by atoms with Gasteiger partial charge in [-0.05, 0) is 33.6 Å². The van der Waals surface area contributed by atoms with Crippen LogP contribution in [0.15, 0.2) is 11.6 Å². The minimum atomic E-state index is -0.233. The Morgan fingerprint density at radius 2 is 2.07 bits per heavy atom. The molecule has 1 aliphatic rings. The lowest BCUT2D eigenvalue weighted by molar-refractivity contribution is -0.137. The van der Waals surface area contributed by atoms with Gasteiger partial charge >= 0.3 is 5.97 Å². The molecule has 14 heavy (non-hydrogen) atoms. The first-order chi connectivity index (χ1) is 6.61. The summed E-state index contributed by atoms with van der Waals surface area (Å²) in [6, 6.07) is 0. The van der Waals surface area contributed by atoms with Gasteiger partial charge in [-0.3, -0.25) is 0 Å². The fourth-order valence-corrected chi connectivity index (χ4v) is 1.78. The third kappa shape index (κ3) is 3.50. The highest BCUT2D eigenvalue weighted by Gasteiger charge is 2.19. The molecule has 0 bridgehead atoms. The average molecular weight is 198 g/mol. The summed E-state index contributed by atoms with van der Waals surface area (Å²) in [7, 11) is 0. The van der Waals surface area contributed by atoms with E-state index in [1.165, 1.54) is 0 Å². The molecule has 1 aliphatic heterocycles. The maximum atomic E-state index is 11.2. The molecule has 0 aromatic rings. The van der Waals surface area contributed by atoms with Crippen LogP contribution in [0.4, 0.5) is 0 Å². The van der Waals surface area contributed by atoms with Crippen molar-refractivity contribution in [3.05, 3.63) is 11.6 Å². The van der Waals surface area contributed by atoms with Crippen LogP contribution in [-0.4, -0.2) is 24.8 Å². The summed E-state index contributed by atoms with van der Waals surface area (Å²) in [5.74, 6) is -0.233. The smallest absolute Gasteiger partial charge is 0.330 e. The number of hydrogen-bond donors (Lipinski definition) is 0. The lowest BCUT2D eigenvalue weighted by Crippen LogP contribution is -2.24. The van der Waals surface area contributed by atoms with E-state index in [9.17, 15) is 4.79 Å². The van der Waals surface area contributed by atoms with Crippen molar-refractivity contribution in [2.45, 2.75) is 45.8 Å². The molecule has 2 atom stereocenters. The van der Waals surface area contributed by atoms with E-state index in [1.54, 1.807) is 6.08 Å². The molecule has 3 heteroatoms. The van der Waals surface area contributed by atoms with Crippen LogP contribution in [0.5, 0.6) is 0 Å². The van der Waals surface area contributed by atoms with E-state index in [-0.39, 0.29) is 18.2 Å². The van der Waals surface area contributed by atoms with E-state index in [0.717, 1.165) is 18.4 Å². The maximum absolute atomic E-state index is 11.2. The summed E-state index contributed by atoms with van der Waals surface area (Å²) < 4.78 is 10.4. The molecule has 0 N–H and O–H groups in total. The zero-order valence-corrected chi connectivity index (χ0v) is 9.08. The molecule has 1 heterocycles. The second-order valence-electron chi connectivity index (χ2n) is 3.72. The number of esters is 1. The van der Waals surface area contributed by atoms with Gasteiger partial charge in [-0.2, -0.15) is 0 Å². The second kappa shape index (κ2) is 5.15. The first-order valence-corrected chi connectivity index (χ1v) is 5.13. The fourth-order valence-electron chi connectivity index (χ4n) is 1.78. The highest BCUT2D eigenvalue weighted by molar-refractivity contribution is 5.82. The van der Waals surface area contributed by atoms with Crippen molar-refractivity contribution in [2.24, 2.45) is 0 Å². The topological polar surface area (TPSA) is 35.5 Å². The number of rotatable bonds is 2. The lowest BCUT2D eigenvalue weighted by atomic mass is 9.99. The average Bonchev–Trinajstić information content (AvgIpc) is 2.01. The van der Waals surface area contributed by atoms with Crippen molar-refractivity contribution in [2.75, 3.05) is 6.61 Å². The second-order valence-corrected chi connectivity index (χ2v) is 3.72. The molecule has 0 radical (unpaired) electrons. The van der Waals surface area contributed by atoms with E-state index in [0.29, 0.717) is 6.61 Å². The standard InChI is InChI=1S/C11H18O3/c1-4-13-11(12)7-10-5-8(2)14-9(3)6-10/h7-9H,4-6H2,1-3H3/t8-,9-/m1/s1. The van der Waals surface area contributed by atoms with E-state index < -0.39 is 0 Å². The van der Waals surface area contributed by atoms with Crippen LogP contribution in [0.1, 0.15) is 33.6 Å². The SMILES string of the molecule is CCOC(=O)C=C1C[C@@H](C)O[C@H](C)C1. The van der Waals surface area contributed by atoms with E-state index in [2.05, 4.69) is 0 Å². The van der Waals surface area contributed by atoms with Crippen LogP contribution >= 0.6 is 0 Å². The first kappa shape index (κ1) is 11.2. The Morgan fingerprint density at radius 1 is 1.50 bits per heavy atom. The molecule has 0 aliphatic carbocycles. The minimum Gasteiger partial charge on any atom is -0.463 e. The maximum Gasteiger partial charge on any atom is 0.330 e. The number of ether oxygens (including phenoxy) is 2. The van der Waals surface area contributed by atoms with E-state index in [4.69, 9.17) is 9.47 Å². The highest BCUT2D eigenvalue weighted by Crippen LogP contribution is 2.23. The third-order valence-electron chi connectivity index (χ3n) is 2.17. The largest absolute Gasteiger partial charge is 0.463 e. The van der Waals surface area contributed by atoms with Gasteiger partial charge < -0.3 is 9.47 Å². The number of carbonyl (C=O) groups is 1. The predicted molar refractivity (Wildman–Crippen MR) is 54.0 cm³/mol. The molecule has 80 valence electrons. The Labute approximate surface area is 85.1 Å². The Balaban J connectivity index is 2.53. The van der Waals surface area contributed by atoms with Crippen molar-refractivity contribution < 1.29 is 14.3 Å². The molecule has 0 aromatic heterocycles. The molecule has 3 nitrogen and oxygen atoms in total. The van der Waals surface area contributed by atoms with Gasteiger partial charge in [-0.15, -0.1) is 0 Å². The lowest BCUT2D eigenvalue weighted by Gasteiger charge is -2.27. The van der Waals surface area contributed by atoms with Crippen LogP contribution in [0.2, 0.25) is 0 Å². The Bertz CT molecular complexity index is 221. The predicted octanol–water partition coefficient (Wildman–Crippen LogP) is 2.06. The minimum absolute atomic E-state index is 0.208. The third-order valence-corrected chi connectivity index (χ3v) is 2.17. The molecular weight excluding hydrogens is 180 g/mol. The number of carbonyl (C=O) groups excluding carboxylic acids is 1. The zero-order chi connectivity index (χ0) is 10.6. The van der Waals surface area contributed by atoms with Gasteiger partial charge in [-0.25, -0.2) is 4.79 Å². The molecule has 1 fully saturated rings. The van der Waals surface area contributed by atoms with Crippen molar-refractivity contribution in [1.82, 2.24) is 0 Å².